The first-order chi connectivity index (χ1) is 6.69. The lowest BCUT2D eigenvalue weighted by atomic mass is 10.0. The van der Waals surface area contributed by atoms with Crippen LogP contribution >= 0.6 is 0 Å². The van der Waals surface area contributed by atoms with E-state index in [9.17, 15) is 9.50 Å². The predicted molar refractivity (Wildman–Crippen MR) is 54.7 cm³/mol. The van der Waals surface area contributed by atoms with E-state index in [4.69, 9.17) is 0 Å². The smallest absolute Gasteiger partial charge is 0.123 e. The molecule has 1 atom stereocenters. The van der Waals surface area contributed by atoms with Crippen molar-refractivity contribution >= 4 is 0 Å². The van der Waals surface area contributed by atoms with Gasteiger partial charge in [-0.05, 0) is 36.7 Å². The van der Waals surface area contributed by atoms with Gasteiger partial charge in [-0.15, -0.1) is 0 Å². The molecule has 0 aliphatic heterocycles. The van der Waals surface area contributed by atoms with Gasteiger partial charge in [0.1, 0.15) is 5.82 Å². The van der Waals surface area contributed by atoms with Crippen LogP contribution in [0.3, 0.4) is 0 Å². The maximum absolute atomic E-state index is 13.0. The fourth-order valence-corrected chi connectivity index (χ4v) is 1.50. The Kier molecular flexibility index (Phi) is 4.04. The maximum atomic E-state index is 13.0. The lowest BCUT2D eigenvalue weighted by Gasteiger charge is -2.14. The van der Waals surface area contributed by atoms with Gasteiger partial charge in [-0.1, -0.05) is 13.0 Å². The molecule has 2 N–H and O–H groups in total. The molecule has 1 aromatic rings. The van der Waals surface area contributed by atoms with Gasteiger partial charge in [0.25, 0.3) is 0 Å². The molecule has 14 heavy (non-hydrogen) atoms. The zero-order valence-corrected chi connectivity index (χ0v) is 8.55. The first kappa shape index (κ1) is 11.1. The van der Waals surface area contributed by atoms with Crippen LogP contribution < -0.4 is 5.32 Å². The minimum absolute atomic E-state index is 0.299. The maximum Gasteiger partial charge on any atom is 0.123 e. The van der Waals surface area contributed by atoms with Crippen LogP contribution in [-0.2, 0) is 6.42 Å². The van der Waals surface area contributed by atoms with Crippen molar-refractivity contribution in [3.05, 3.63) is 35.1 Å². The summed E-state index contributed by atoms with van der Waals surface area (Å²) in [6.45, 7) is 2.43. The van der Waals surface area contributed by atoms with Crippen LogP contribution in [-0.4, -0.2) is 18.7 Å². The van der Waals surface area contributed by atoms with Crippen molar-refractivity contribution in [1.29, 1.82) is 0 Å². The summed E-state index contributed by atoms with van der Waals surface area (Å²) < 4.78 is 13.0. The molecule has 0 bridgehead atoms. The summed E-state index contributed by atoms with van der Waals surface area (Å²) in [5, 5.41) is 12.6. The summed E-state index contributed by atoms with van der Waals surface area (Å²) in [6, 6.07) is 4.55. The number of aliphatic hydroxyl groups excluding tert-OH is 1. The molecule has 0 spiro atoms. The van der Waals surface area contributed by atoms with E-state index < -0.39 is 6.10 Å². The number of likely N-dealkylation sites (N-methyl/N-ethyl adjacent to an activating group) is 1. The molecule has 0 aliphatic carbocycles. The molecule has 1 aromatic carbocycles. The van der Waals surface area contributed by atoms with Crippen molar-refractivity contribution in [3.63, 3.8) is 0 Å². The Morgan fingerprint density at radius 3 is 2.79 bits per heavy atom. The molecule has 3 heteroatoms. The zero-order chi connectivity index (χ0) is 10.6. The van der Waals surface area contributed by atoms with Crippen molar-refractivity contribution in [1.82, 2.24) is 5.32 Å². The van der Waals surface area contributed by atoms with E-state index in [1.165, 1.54) is 12.1 Å². The SMILES string of the molecule is CCc1ccc(F)cc1C(O)CNC. The third kappa shape index (κ3) is 2.53. The van der Waals surface area contributed by atoms with E-state index >= 15 is 0 Å². The number of aliphatic hydroxyl groups is 1. The largest absolute Gasteiger partial charge is 0.387 e. The first-order valence-electron chi connectivity index (χ1n) is 4.80. The third-order valence-electron chi connectivity index (χ3n) is 2.25. The first-order valence-corrected chi connectivity index (χ1v) is 4.80. The Balaban J connectivity index is 2.97. The molecule has 78 valence electrons. The van der Waals surface area contributed by atoms with Crippen molar-refractivity contribution in [2.75, 3.05) is 13.6 Å². The van der Waals surface area contributed by atoms with Crippen LogP contribution in [0.25, 0.3) is 0 Å². The molecular weight excluding hydrogens is 181 g/mol. The monoisotopic (exact) mass is 197 g/mol. The van der Waals surface area contributed by atoms with Gasteiger partial charge in [-0.2, -0.15) is 0 Å². The Morgan fingerprint density at radius 1 is 1.50 bits per heavy atom. The highest BCUT2D eigenvalue weighted by Gasteiger charge is 2.11. The number of rotatable bonds is 4. The second-order valence-corrected chi connectivity index (χ2v) is 3.27. The minimum Gasteiger partial charge on any atom is -0.387 e. The minimum atomic E-state index is -0.634. The van der Waals surface area contributed by atoms with Gasteiger partial charge in [0.15, 0.2) is 0 Å². The average Bonchev–Trinajstić information content (AvgIpc) is 2.18. The summed E-state index contributed by atoms with van der Waals surface area (Å²) in [6.07, 6.45) is 0.168. The molecular formula is C11H16FNO. The van der Waals surface area contributed by atoms with E-state index in [2.05, 4.69) is 5.32 Å². The second-order valence-electron chi connectivity index (χ2n) is 3.27. The standard InChI is InChI=1S/C11H16FNO/c1-3-8-4-5-9(12)6-10(8)11(14)7-13-2/h4-6,11,13-14H,3,7H2,1-2H3. The van der Waals surface area contributed by atoms with Gasteiger partial charge >= 0.3 is 0 Å². The molecule has 0 saturated heterocycles. The fourth-order valence-electron chi connectivity index (χ4n) is 1.50. The van der Waals surface area contributed by atoms with Crippen LogP contribution in [0.5, 0.6) is 0 Å². The molecule has 0 aromatic heterocycles. The number of hydrogen-bond donors (Lipinski definition) is 2. The van der Waals surface area contributed by atoms with Gasteiger partial charge in [-0.3, -0.25) is 0 Å². The van der Waals surface area contributed by atoms with Gasteiger partial charge in [-0.25, -0.2) is 4.39 Å². The third-order valence-corrected chi connectivity index (χ3v) is 2.25. The van der Waals surface area contributed by atoms with Crippen molar-refractivity contribution in [2.24, 2.45) is 0 Å². The van der Waals surface area contributed by atoms with E-state index in [1.807, 2.05) is 6.92 Å². The van der Waals surface area contributed by atoms with Crippen LogP contribution in [0, 0.1) is 5.82 Å². The lowest BCUT2D eigenvalue weighted by Crippen LogP contribution is -2.18. The summed E-state index contributed by atoms with van der Waals surface area (Å²) >= 11 is 0. The average molecular weight is 197 g/mol. The van der Waals surface area contributed by atoms with Crippen LogP contribution in [0.1, 0.15) is 24.2 Å². The molecule has 1 rings (SSSR count). The molecule has 1 unspecified atom stereocenters. The molecule has 0 amide bonds. The summed E-state index contributed by atoms with van der Waals surface area (Å²) in [5.41, 5.74) is 1.68. The van der Waals surface area contributed by atoms with Crippen molar-refractivity contribution in [2.45, 2.75) is 19.4 Å². The normalized spacial score (nSPS) is 12.9. The van der Waals surface area contributed by atoms with E-state index in [0.29, 0.717) is 12.1 Å². The van der Waals surface area contributed by atoms with E-state index in [0.717, 1.165) is 12.0 Å². The number of nitrogens with one attached hydrogen (secondary N) is 1. The number of aryl methyl sites for hydroxylation is 1. The van der Waals surface area contributed by atoms with Crippen LogP contribution in [0.4, 0.5) is 4.39 Å². The Labute approximate surface area is 83.8 Å². The second kappa shape index (κ2) is 5.08. The fraction of sp³-hybridized carbons (Fsp3) is 0.455. The summed E-state index contributed by atoms with van der Waals surface area (Å²) in [4.78, 5) is 0. The number of benzene rings is 1. The summed E-state index contributed by atoms with van der Waals surface area (Å²) in [5.74, 6) is -0.299. The zero-order valence-electron chi connectivity index (χ0n) is 8.55. The number of halogens is 1. The topological polar surface area (TPSA) is 32.3 Å². The van der Waals surface area contributed by atoms with E-state index in [-0.39, 0.29) is 5.82 Å². The Hall–Kier alpha value is -0.930. The highest BCUT2D eigenvalue weighted by molar-refractivity contribution is 5.30. The molecule has 0 fully saturated rings. The Morgan fingerprint density at radius 2 is 2.21 bits per heavy atom. The summed E-state index contributed by atoms with van der Waals surface area (Å²) in [7, 11) is 1.76. The predicted octanol–water partition coefficient (Wildman–Crippen LogP) is 1.64. The Bertz CT molecular complexity index is 301. The van der Waals surface area contributed by atoms with Gasteiger partial charge < -0.3 is 10.4 Å². The quantitative estimate of drug-likeness (QED) is 0.769. The van der Waals surface area contributed by atoms with Crippen LogP contribution in [0.15, 0.2) is 18.2 Å². The van der Waals surface area contributed by atoms with E-state index in [1.54, 1.807) is 13.1 Å². The van der Waals surface area contributed by atoms with Gasteiger partial charge in [0.2, 0.25) is 0 Å². The van der Waals surface area contributed by atoms with Gasteiger partial charge in [0.05, 0.1) is 6.10 Å². The van der Waals surface area contributed by atoms with Crippen molar-refractivity contribution < 1.29 is 9.50 Å². The molecule has 0 heterocycles. The van der Waals surface area contributed by atoms with Crippen LogP contribution in [0.2, 0.25) is 0 Å². The molecule has 0 aliphatic rings. The lowest BCUT2D eigenvalue weighted by molar-refractivity contribution is 0.176. The van der Waals surface area contributed by atoms with Gasteiger partial charge in [0, 0.05) is 6.54 Å². The van der Waals surface area contributed by atoms with Crippen molar-refractivity contribution in [3.8, 4) is 0 Å². The molecule has 2 nitrogen and oxygen atoms in total. The molecule has 0 radical (unpaired) electrons. The highest BCUT2D eigenvalue weighted by Crippen LogP contribution is 2.19. The molecule has 0 saturated carbocycles. The number of hydrogen-bond acceptors (Lipinski definition) is 2. The highest BCUT2D eigenvalue weighted by atomic mass is 19.1.